The Morgan fingerprint density at radius 1 is 1.29 bits per heavy atom. The smallest absolute Gasteiger partial charge is 0.122 e. The molecule has 2 fully saturated rings. The molecule has 2 aliphatic rings. The molecular weight excluding hydrogens is 260 g/mol. The van der Waals surface area contributed by atoms with E-state index in [2.05, 4.69) is 39.9 Å². The molecule has 0 spiro atoms. The molecule has 1 aromatic rings. The van der Waals surface area contributed by atoms with Crippen LogP contribution in [0.2, 0.25) is 0 Å². The number of imidazole rings is 1. The van der Waals surface area contributed by atoms with Crippen molar-refractivity contribution in [3.63, 3.8) is 0 Å². The molecule has 0 radical (unpaired) electrons. The van der Waals surface area contributed by atoms with Crippen molar-refractivity contribution in [2.45, 2.75) is 64.1 Å². The number of hydrogen-bond donors (Lipinski definition) is 1. The zero-order valence-corrected chi connectivity index (χ0v) is 13.6. The third kappa shape index (κ3) is 3.49. The Balaban J connectivity index is 1.65. The molecule has 118 valence electrons. The van der Waals surface area contributed by atoms with E-state index < -0.39 is 0 Å². The van der Waals surface area contributed by atoms with Gasteiger partial charge in [0.1, 0.15) is 5.82 Å². The molecule has 0 amide bonds. The van der Waals surface area contributed by atoms with Crippen LogP contribution in [0.1, 0.15) is 51.3 Å². The predicted octanol–water partition coefficient (Wildman–Crippen LogP) is 2.55. The van der Waals surface area contributed by atoms with Gasteiger partial charge in [0, 0.05) is 44.6 Å². The fourth-order valence-electron chi connectivity index (χ4n) is 4.06. The first-order chi connectivity index (χ1) is 10.3. The fourth-order valence-corrected chi connectivity index (χ4v) is 4.06. The highest BCUT2D eigenvalue weighted by Crippen LogP contribution is 2.29. The van der Waals surface area contributed by atoms with E-state index in [-0.39, 0.29) is 0 Å². The average Bonchev–Trinajstić information content (AvgIpc) is 2.93. The molecule has 1 saturated carbocycles. The van der Waals surface area contributed by atoms with Gasteiger partial charge >= 0.3 is 0 Å². The van der Waals surface area contributed by atoms with E-state index in [9.17, 15) is 0 Å². The van der Waals surface area contributed by atoms with Gasteiger partial charge in [-0.15, -0.1) is 0 Å². The first-order valence-electron chi connectivity index (χ1n) is 8.71. The molecule has 1 aliphatic heterocycles. The van der Waals surface area contributed by atoms with E-state index in [1.807, 2.05) is 6.20 Å². The van der Waals surface area contributed by atoms with Crippen molar-refractivity contribution < 1.29 is 0 Å². The zero-order valence-electron chi connectivity index (χ0n) is 13.6. The van der Waals surface area contributed by atoms with Crippen LogP contribution in [-0.2, 0) is 13.6 Å². The number of nitrogens with zero attached hydrogens (tertiary/aromatic N) is 3. The van der Waals surface area contributed by atoms with Gasteiger partial charge in [0.2, 0.25) is 0 Å². The van der Waals surface area contributed by atoms with Crippen molar-refractivity contribution in [1.29, 1.82) is 0 Å². The van der Waals surface area contributed by atoms with Crippen LogP contribution in [-0.4, -0.2) is 39.6 Å². The van der Waals surface area contributed by atoms with Gasteiger partial charge in [-0.1, -0.05) is 26.2 Å². The van der Waals surface area contributed by atoms with Crippen LogP contribution in [0.25, 0.3) is 0 Å². The highest BCUT2D eigenvalue weighted by atomic mass is 15.3. The molecule has 21 heavy (non-hydrogen) atoms. The maximum atomic E-state index is 4.52. The third-order valence-corrected chi connectivity index (χ3v) is 5.52. The Labute approximate surface area is 128 Å². The van der Waals surface area contributed by atoms with Gasteiger partial charge in [-0.05, 0) is 25.2 Å². The lowest BCUT2D eigenvalue weighted by molar-refractivity contribution is 0.0844. The van der Waals surface area contributed by atoms with Crippen LogP contribution in [0.4, 0.5) is 0 Å². The fraction of sp³-hybridized carbons (Fsp3) is 0.824. The second-order valence-electron chi connectivity index (χ2n) is 6.86. The Kier molecular flexibility index (Phi) is 4.96. The highest BCUT2D eigenvalue weighted by molar-refractivity contribution is 4.96. The van der Waals surface area contributed by atoms with E-state index in [1.165, 1.54) is 50.9 Å². The maximum Gasteiger partial charge on any atom is 0.122 e. The summed E-state index contributed by atoms with van der Waals surface area (Å²) in [5.74, 6) is 2.08. The number of aromatic nitrogens is 2. The normalized spacial score (nSPS) is 28.9. The minimum Gasteiger partial charge on any atom is -0.337 e. The van der Waals surface area contributed by atoms with Crippen LogP contribution in [0.5, 0.6) is 0 Å². The standard InChI is InChI=1S/C17H30N4/c1-3-15-11-19-16(14-7-5-4-6-8-14)12-21(15)13-17-18-9-10-20(17)2/h9-10,14-16,19H,3-8,11-13H2,1-2H3. The molecule has 0 bridgehead atoms. The SMILES string of the molecule is CCC1CNC(C2CCCCC2)CN1Cc1nccn1C. The molecule has 2 heterocycles. The number of hydrogen-bond acceptors (Lipinski definition) is 3. The average molecular weight is 290 g/mol. The summed E-state index contributed by atoms with van der Waals surface area (Å²) in [6.07, 6.45) is 12.3. The van der Waals surface area contributed by atoms with E-state index in [4.69, 9.17) is 0 Å². The van der Waals surface area contributed by atoms with Gasteiger partial charge in [-0.2, -0.15) is 0 Å². The third-order valence-electron chi connectivity index (χ3n) is 5.52. The topological polar surface area (TPSA) is 33.1 Å². The van der Waals surface area contributed by atoms with Crippen LogP contribution in [0, 0.1) is 5.92 Å². The molecule has 2 unspecified atom stereocenters. The number of rotatable bonds is 4. The van der Waals surface area contributed by atoms with E-state index in [0.29, 0.717) is 12.1 Å². The van der Waals surface area contributed by atoms with E-state index >= 15 is 0 Å². The molecule has 1 saturated heterocycles. The molecule has 2 atom stereocenters. The van der Waals surface area contributed by atoms with E-state index in [0.717, 1.165) is 19.0 Å². The van der Waals surface area contributed by atoms with Crippen LogP contribution in [0.3, 0.4) is 0 Å². The Hall–Kier alpha value is -0.870. The Bertz CT molecular complexity index is 436. The van der Waals surface area contributed by atoms with Crippen LogP contribution >= 0.6 is 0 Å². The summed E-state index contributed by atoms with van der Waals surface area (Å²) < 4.78 is 2.16. The van der Waals surface area contributed by atoms with Gasteiger partial charge in [0.05, 0.1) is 6.54 Å². The molecule has 1 aliphatic carbocycles. The number of aryl methyl sites for hydroxylation is 1. The van der Waals surface area contributed by atoms with Crippen molar-refractivity contribution in [3.8, 4) is 0 Å². The van der Waals surface area contributed by atoms with Crippen molar-refractivity contribution in [2.75, 3.05) is 13.1 Å². The molecule has 1 aromatic heterocycles. The van der Waals surface area contributed by atoms with Gasteiger partial charge in [-0.25, -0.2) is 4.98 Å². The quantitative estimate of drug-likeness (QED) is 0.925. The lowest BCUT2D eigenvalue weighted by Gasteiger charge is -2.43. The van der Waals surface area contributed by atoms with Crippen LogP contribution < -0.4 is 5.32 Å². The monoisotopic (exact) mass is 290 g/mol. The van der Waals surface area contributed by atoms with Gasteiger partial charge < -0.3 is 9.88 Å². The Morgan fingerprint density at radius 2 is 2.10 bits per heavy atom. The summed E-state index contributed by atoms with van der Waals surface area (Å²) in [7, 11) is 2.10. The molecule has 3 rings (SSSR count). The van der Waals surface area contributed by atoms with Gasteiger partial charge in [0.25, 0.3) is 0 Å². The first kappa shape index (κ1) is 15.0. The lowest BCUT2D eigenvalue weighted by atomic mass is 9.82. The number of piperazine rings is 1. The minimum atomic E-state index is 0.654. The summed E-state index contributed by atoms with van der Waals surface area (Å²) >= 11 is 0. The summed E-state index contributed by atoms with van der Waals surface area (Å²) in [4.78, 5) is 7.18. The maximum absolute atomic E-state index is 4.52. The van der Waals surface area contributed by atoms with Gasteiger partial charge in [-0.3, -0.25) is 4.90 Å². The van der Waals surface area contributed by atoms with Crippen molar-refractivity contribution in [1.82, 2.24) is 19.8 Å². The van der Waals surface area contributed by atoms with Crippen LogP contribution in [0.15, 0.2) is 12.4 Å². The summed E-state index contributed by atoms with van der Waals surface area (Å²) in [6, 6.07) is 1.34. The molecule has 4 heteroatoms. The molecular formula is C17H30N4. The summed E-state index contributed by atoms with van der Waals surface area (Å²) in [5, 5.41) is 3.85. The summed E-state index contributed by atoms with van der Waals surface area (Å²) in [6.45, 7) is 5.63. The largest absolute Gasteiger partial charge is 0.337 e. The molecule has 0 aromatic carbocycles. The minimum absolute atomic E-state index is 0.654. The second-order valence-corrected chi connectivity index (χ2v) is 6.86. The van der Waals surface area contributed by atoms with Gasteiger partial charge in [0.15, 0.2) is 0 Å². The molecule has 1 N–H and O–H groups in total. The van der Waals surface area contributed by atoms with Crippen molar-refractivity contribution in [2.24, 2.45) is 13.0 Å². The van der Waals surface area contributed by atoms with Crippen molar-refractivity contribution in [3.05, 3.63) is 18.2 Å². The first-order valence-corrected chi connectivity index (χ1v) is 8.71. The van der Waals surface area contributed by atoms with E-state index in [1.54, 1.807) is 0 Å². The highest BCUT2D eigenvalue weighted by Gasteiger charge is 2.32. The zero-order chi connectivity index (χ0) is 14.7. The number of nitrogens with one attached hydrogen (secondary N) is 1. The Morgan fingerprint density at radius 3 is 2.76 bits per heavy atom. The van der Waals surface area contributed by atoms with Crippen molar-refractivity contribution >= 4 is 0 Å². The summed E-state index contributed by atoms with van der Waals surface area (Å²) in [5.41, 5.74) is 0. The molecule has 4 nitrogen and oxygen atoms in total. The second kappa shape index (κ2) is 6.93. The predicted molar refractivity (Wildman–Crippen MR) is 86.1 cm³/mol. The lowest BCUT2D eigenvalue weighted by Crippen LogP contribution is -2.58.